The van der Waals surface area contributed by atoms with E-state index in [1.807, 2.05) is 75.6 Å². The Kier molecular flexibility index (Phi) is 8.08. The van der Waals surface area contributed by atoms with E-state index in [0.717, 1.165) is 27.7 Å². The van der Waals surface area contributed by atoms with Crippen molar-refractivity contribution in [2.75, 3.05) is 7.11 Å². The maximum Gasteiger partial charge on any atom is 0.221 e. The third kappa shape index (κ3) is 6.74. The number of thioether (sulfide) groups is 1. The summed E-state index contributed by atoms with van der Waals surface area (Å²) in [6, 6.07) is 13.4. The predicted octanol–water partition coefficient (Wildman–Crippen LogP) is 6.14. The Labute approximate surface area is 205 Å². The molecule has 1 heterocycles. The lowest BCUT2D eigenvalue weighted by Gasteiger charge is -2.21. The fourth-order valence-electron chi connectivity index (χ4n) is 3.45. The number of ether oxygens (including phenoxy) is 1. The quantitative estimate of drug-likeness (QED) is 0.387. The van der Waals surface area contributed by atoms with Crippen LogP contribution in [0.3, 0.4) is 0 Å². The molecule has 1 amide bonds. The van der Waals surface area contributed by atoms with E-state index < -0.39 is 0 Å². The Bertz CT molecular complexity index is 1120. The van der Waals surface area contributed by atoms with E-state index in [9.17, 15) is 4.79 Å². The standard InChI is InChI=1S/C25H31ClN4O2S/c1-16-10-11-19(26)13-21(16)30-23(17(2)27-22(31)14-25(3,4)5)28-29-24(30)33-15-18-8-7-9-20(12-18)32-6/h7-13,17H,14-15H2,1-6H3,(H,27,31). The largest absolute Gasteiger partial charge is 0.497 e. The highest BCUT2D eigenvalue weighted by atomic mass is 35.5. The maximum atomic E-state index is 12.6. The Morgan fingerprint density at radius 2 is 1.97 bits per heavy atom. The first kappa shape index (κ1) is 25.1. The number of hydrogen-bond donors (Lipinski definition) is 1. The maximum absolute atomic E-state index is 12.6. The molecular weight excluding hydrogens is 456 g/mol. The number of hydrogen-bond acceptors (Lipinski definition) is 5. The van der Waals surface area contributed by atoms with E-state index >= 15 is 0 Å². The van der Waals surface area contributed by atoms with E-state index in [2.05, 4.69) is 21.6 Å². The van der Waals surface area contributed by atoms with Gasteiger partial charge in [0.1, 0.15) is 5.75 Å². The van der Waals surface area contributed by atoms with Gasteiger partial charge in [-0.25, -0.2) is 0 Å². The number of methoxy groups -OCH3 is 1. The monoisotopic (exact) mass is 486 g/mol. The van der Waals surface area contributed by atoms with Crippen LogP contribution in [0.1, 0.15) is 57.1 Å². The molecule has 3 aromatic rings. The highest BCUT2D eigenvalue weighted by Gasteiger charge is 2.24. The molecule has 0 fully saturated rings. The average molecular weight is 487 g/mol. The molecule has 2 aromatic carbocycles. The molecule has 8 heteroatoms. The van der Waals surface area contributed by atoms with Crippen LogP contribution < -0.4 is 10.1 Å². The summed E-state index contributed by atoms with van der Waals surface area (Å²) in [6.45, 7) is 10.1. The minimum absolute atomic E-state index is 0.0158. The molecule has 0 spiro atoms. The summed E-state index contributed by atoms with van der Waals surface area (Å²) in [5.74, 6) is 2.16. The molecule has 33 heavy (non-hydrogen) atoms. The molecule has 0 aliphatic heterocycles. The van der Waals surface area contributed by atoms with Crippen molar-refractivity contribution in [1.82, 2.24) is 20.1 Å². The summed E-state index contributed by atoms with van der Waals surface area (Å²) < 4.78 is 7.33. The number of amides is 1. The number of aromatic nitrogens is 3. The number of halogens is 1. The molecule has 0 bridgehead atoms. The van der Waals surface area contributed by atoms with Gasteiger partial charge in [-0.1, -0.05) is 62.3 Å². The number of carbonyl (C=O) groups excluding carboxylic acids is 1. The first-order valence-electron chi connectivity index (χ1n) is 10.8. The molecule has 176 valence electrons. The number of aryl methyl sites for hydroxylation is 1. The van der Waals surface area contributed by atoms with Crippen molar-refractivity contribution >= 4 is 29.3 Å². The molecular formula is C25H31ClN4O2S. The minimum Gasteiger partial charge on any atom is -0.497 e. The first-order valence-corrected chi connectivity index (χ1v) is 12.2. The van der Waals surface area contributed by atoms with E-state index in [1.54, 1.807) is 18.9 Å². The van der Waals surface area contributed by atoms with Crippen LogP contribution in [0, 0.1) is 12.3 Å². The van der Waals surface area contributed by atoms with E-state index in [-0.39, 0.29) is 17.4 Å². The lowest BCUT2D eigenvalue weighted by atomic mass is 9.92. The molecule has 0 saturated carbocycles. The molecule has 6 nitrogen and oxygen atoms in total. The SMILES string of the molecule is COc1cccc(CSc2nnc(C(C)NC(=O)CC(C)(C)C)n2-c2cc(Cl)ccc2C)c1. The topological polar surface area (TPSA) is 69.0 Å². The van der Waals surface area contributed by atoms with Crippen LogP contribution in [0.5, 0.6) is 5.75 Å². The molecule has 0 radical (unpaired) electrons. The van der Waals surface area contributed by atoms with Crippen LogP contribution in [0.15, 0.2) is 47.6 Å². The van der Waals surface area contributed by atoms with Crippen molar-refractivity contribution in [1.29, 1.82) is 0 Å². The summed E-state index contributed by atoms with van der Waals surface area (Å²) in [6.07, 6.45) is 0.430. The highest BCUT2D eigenvalue weighted by molar-refractivity contribution is 7.98. The second-order valence-electron chi connectivity index (χ2n) is 9.27. The number of carbonyl (C=O) groups is 1. The van der Waals surface area contributed by atoms with Crippen LogP contribution in [-0.2, 0) is 10.5 Å². The summed E-state index contributed by atoms with van der Waals surface area (Å²) >= 11 is 7.91. The second-order valence-corrected chi connectivity index (χ2v) is 10.7. The van der Waals surface area contributed by atoms with Crippen LogP contribution in [-0.4, -0.2) is 27.8 Å². The Morgan fingerprint density at radius 3 is 2.67 bits per heavy atom. The van der Waals surface area contributed by atoms with Crippen LogP contribution in [0.2, 0.25) is 5.02 Å². The number of rotatable bonds is 8. The normalized spacial score (nSPS) is 12.5. The van der Waals surface area contributed by atoms with Gasteiger partial charge in [-0.05, 0) is 54.7 Å². The zero-order valence-corrected chi connectivity index (χ0v) is 21.5. The molecule has 0 saturated heterocycles. The van der Waals surface area contributed by atoms with Gasteiger partial charge in [0.2, 0.25) is 5.91 Å². The first-order chi connectivity index (χ1) is 15.6. The van der Waals surface area contributed by atoms with Crippen molar-refractivity contribution < 1.29 is 9.53 Å². The Hall–Kier alpha value is -2.51. The van der Waals surface area contributed by atoms with E-state index in [1.165, 1.54) is 0 Å². The van der Waals surface area contributed by atoms with Crippen molar-refractivity contribution in [2.24, 2.45) is 5.41 Å². The highest BCUT2D eigenvalue weighted by Crippen LogP contribution is 2.31. The van der Waals surface area contributed by atoms with Crippen molar-refractivity contribution in [3.8, 4) is 11.4 Å². The van der Waals surface area contributed by atoms with E-state index in [4.69, 9.17) is 16.3 Å². The van der Waals surface area contributed by atoms with Gasteiger partial charge in [0.15, 0.2) is 11.0 Å². The van der Waals surface area contributed by atoms with Crippen LogP contribution >= 0.6 is 23.4 Å². The van der Waals surface area contributed by atoms with Gasteiger partial charge < -0.3 is 10.1 Å². The second kappa shape index (κ2) is 10.6. The van der Waals surface area contributed by atoms with Crippen molar-refractivity contribution in [3.05, 3.63) is 64.4 Å². The van der Waals surface area contributed by atoms with Gasteiger partial charge in [0, 0.05) is 17.2 Å². The van der Waals surface area contributed by atoms with Gasteiger partial charge in [0.25, 0.3) is 0 Å². The lowest BCUT2D eigenvalue weighted by Crippen LogP contribution is -2.31. The Balaban J connectivity index is 1.94. The molecule has 1 unspecified atom stereocenters. The fraction of sp³-hybridized carbons (Fsp3) is 0.400. The number of nitrogens with one attached hydrogen (secondary N) is 1. The number of benzene rings is 2. The van der Waals surface area contributed by atoms with Crippen LogP contribution in [0.4, 0.5) is 0 Å². The molecule has 1 atom stereocenters. The van der Waals surface area contributed by atoms with Gasteiger partial charge >= 0.3 is 0 Å². The Morgan fingerprint density at radius 1 is 1.21 bits per heavy atom. The smallest absolute Gasteiger partial charge is 0.221 e. The summed E-state index contributed by atoms with van der Waals surface area (Å²) in [5, 5.41) is 13.4. The fourth-order valence-corrected chi connectivity index (χ4v) is 4.52. The summed E-state index contributed by atoms with van der Waals surface area (Å²) in [4.78, 5) is 12.6. The zero-order valence-electron chi connectivity index (χ0n) is 20.0. The van der Waals surface area contributed by atoms with Gasteiger partial charge in [0.05, 0.1) is 18.8 Å². The minimum atomic E-state index is -0.322. The van der Waals surface area contributed by atoms with E-state index in [0.29, 0.717) is 23.0 Å². The lowest BCUT2D eigenvalue weighted by molar-refractivity contribution is -0.123. The third-order valence-electron chi connectivity index (χ3n) is 5.03. The van der Waals surface area contributed by atoms with Crippen LogP contribution in [0.25, 0.3) is 5.69 Å². The average Bonchev–Trinajstić information content (AvgIpc) is 3.16. The van der Waals surface area contributed by atoms with Gasteiger partial charge in [-0.2, -0.15) is 0 Å². The van der Waals surface area contributed by atoms with Gasteiger partial charge in [-0.15, -0.1) is 10.2 Å². The molecule has 0 aliphatic carbocycles. The third-order valence-corrected chi connectivity index (χ3v) is 6.26. The summed E-state index contributed by atoms with van der Waals surface area (Å²) in [5.41, 5.74) is 2.95. The molecule has 1 aromatic heterocycles. The summed E-state index contributed by atoms with van der Waals surface area (Å²) in [7, 11) is 1.66. The molecule has 3 rings (SSSR count). The van der Waals surface area contributed by atoms with Crippen molar-refractivity contribution in [3.63, 3.8) is 0 Å². The molecule has 1 N–H and O–H groups in total. The van der Waals surface area contributed by atoms with Crippen molar-refractivity contribution in [2.45, 2.75) is 58.0 Å². The number of nitrogens with zero attached hydrogens (tertiary/aromatic N) is 3. The van der Waals surface area contributed by atoms with Gasteiger partial charge in [-0.3, -0.25) is 9.36 Å². The zero-order chi connectivity index (χ0) is 24.2. The molecule has 0 aliphatic rings. The predicted molar refractivity (Wildman–Crippen MR) is 134 cm³/mol.